The quantitative estimate of drug-likeness (QED) is 0.583. The SMILES string of the molecule is CCCCOC(=O)c1ccc(NC(=O)COc2ccccc2C)cc1. The third-order valence-electron chi connectivity index (χ3n) is 3.59. The molecule has 0 saturated carbocycles. The monoisotopic (exact) mass is 341 g/mol. The van der Waals surface area contributed by atoms with E-state index in [1.165, 1.54) is 0 Å². The molecule has 0 aliphatic carbocycles. The van der Waals surface area contributed by atoms with E-state index >= 15 is 0 Å². The third-order valence-corrected chi connectivity index (χ3v) is 3.59. The van der Waals surface area contributed by atoms with Crippen LogP contribution in [-0.4, -0.2) is 25.1 Å². The Labute approximate surface area is 148 Å². The third kappa shape index (κ3) is 5.95. The number of hydrogen-bond donors (Lipinski definition) is 1. The zero-order valence-corrected chi connectivity index (χ0v) is 14.6. The summed E-state index contributed by atoms with van der Waals surface area (Å²) < 4.78 is 10.6. The van der Waals surface area contributed by atoms with Crippen LogP contribution in [0.4, 0.5) is 5.69 Å². The van der Waals surface area contributed by atoms with Gasteiger partial charge in [0.1, 0.15) is 5.75 Å². The maximum atomic E-state index is 12.0. The minimum Gasteiger partial charge on any atom is -0.483 e. The molecule has 2 aromatic rings. The molecule has 0 aromatic heterocycles. The number of esters is 1. The van der Waals surface area contributed by atoms with Gasteiger partial charge in [-0.25, -0.2) is 4.79 Å². The lowest BCUT2D eigenvalue weighted by molar-refractivity contribution is -0.118. The number of carbonyl (C=O) groups is 2. The first-order chi connectivity index (χ1) is 12.1. The highest BCUT2D eigenvalue weighted by molar-refractivity contribution is 5.93. The Morgan fingerprint density at radius 1 is 1.04 bits per heavy atom. The molecule has 25 heavy (non-hydrogen) atoms. The van der Waals surface area contributed by atoms with E-state index in [-0.39, 0.29) is 18.5 Å². The predicted octanol–water partition coefficient (Wildman–Crippen LogP) is 3.97. The van der Waals surface area contributed by atoms with Gasteiger partial charge < -0.3 is 14.8 Å². The number of anilines is 1. The van der Waals surface area contributed by atoms with Crippen molar-refractivity contribution in [2.75, 3.05) is 18.5 Å². The first-order valence-corrected chi connectivity index (χ1v) is 8.35. The molecule has 0 aliphatic heterocycles. The van der Waals surface area contributed by atoms with Crippen LogP contribution in [-0.2, 0) is 9.53 Å². The average molecular weight is 341 g/mol. The van der Waals surface area contributed by atoms with Crippen molar-refractivity contribution >= 4 is 17.6 Å². The highest BCUT2D eigenvalue weighted by Crippen LogP contribution is 2.16. The van der Waals surface area contributed by atoms with E-state index in [0.717, 1.165) is 18.4 Å². The van der Waals surface area contributed by atoms with Crippen LogP contribution in [0.2, 0.25) is 0 Å². The molecule has 0 spiro atoms. The molecule has 0 bridgehead atoms. The fraction of sp³-hybridized carbons (Fsp3) is 0.300. The van der Waals surface area contributed by atoms with Crippen molar-refractivity contribution in [2.24, 2.45) is 0 Å². The molecule has 0 unspecified atom stereocenters. The lowest BCUT2D eigenvalue weighted by atomic mass is 10.2. The Kier molecular flexibility index (Phi) is 7.01. The fourth-order valence-corrected chi connectivity index (χ4v) is 2.14. The second-order valence-electron chi connectivity index (χ2n) is 5.67. The maximum absolute atomic E-state index is 12.0. The highest BCUT2D eigenvalue weighted by Gasteiger charge is 2.08. The van der Waals surface area contributed by atoms with Crippen molar-refractivity contribution < 1.29 is 19.1 Å². The average Bonchev–Trinajstić information content (AvgIpc) is 2.62. The van der Waals surface area contributed by atoms with Gasteiger partial charge in [0.15, 0.2) is 6.61 Å². The van der Waals surface area contributed by atoms with Gasteiger partial charge in [-0.15, -0.1) is 0 Å². The molecule has 0 aliphatic rings. The number of hydrogen-bond acceptors (Lipinski definition) is 4. The van der Waals surface area contributed by atoms with Crippen molar-refractivity contribution in [2.45, 2.75) is 26.7 Å². The number of carbonyl (C=O) groups excluding carboxylic acids is 2. The van der Waals surface area contributed by atoms with Crippen molar-refractivity contribution in [1.82, 2.24) is 0 Å². The number of rotatable bonds is 8. The molecule has 0 fully saturated rings. The number of aryl methyl sites for hydroxylation is 1. The van der Waals surface area contributed by atoms with Gasteiger partial charge in [-0.2, -0.15) is 0 Å². The zero-order valence-electron chi connectivity index (χ0n) is 14.6. The minimum absolute atomic E-state index is 0.0777. The summed E-state index contributed by atoms with van der Waals surface area (Å²) >= 11 is 0. The van der Waals surface area contributed by atoms with Crippen LogP contribution in [0.25, 0.3) is 0 Å². The zero-order chi connectivity index (χ0) is 18.1. The van der Waals surface area contributed by atoms with E-state index in [0.29, 0.717) is 23.6 Å². The number of amides is 1. The molecule has 1 N–H and O–H groups in total. The summed E-state index contributed by atoms with van der Waals surface area (Å²) in [6.07, 6.45) is 1.82. The fourth-order valence-electron chi connectivity index (χ4n) is 2.14. The van der Waals surface area contributed by atoms with Crippen molar-refractivity contribution in [3.63, 3.8) is 0 Å². The second-order valence-corrected chi connectivity index (χ2v) is 5.67. The summed E-state index contributed by atoms with van der Waals surface area (Å²) in [5.74, 6) is 0.0681. The molecule has 0 heterocycles. The van der Waals surface area contributed by atoms with E-state index in [9.17, 15) is 9.59 Å². The molecular formula is C20H23NO4. The van der Waals surface area contributed by atoms with Gasteiger partial charge >= 0.3 is 5.97 Å². The molecular weight excluding hydrogens is 318 g/mol. The molecule has 0 atom stereocenters. The normalized spacial score (nSPS) is 10.2. The van der Waals surface area contributed by atoms with E-state index in [1.807, 2.05) is 38.1 Å². The molecule has 5 nitrogen and oxygen atoms in total. The van der Waals surface area contributed by atoms with Crippen LogP contribution in [0.1, 0.15) is 35.7 Å². The van der Waals surface area contributed by atoms with Gasteiger partial charge in [0.25, 0.3) is 5.91 Å². The largest absolute Gasteiger partial charge is 0.483 e. The lowest BCUT2D eigenvalue weighted by Crippen LogP contribution is -2.20. The standard InChI is InChI=1S/C20H23NO4/c1-3-4-13-24-20(23)16-9-11-17(12-10-16)21-19(22)14-25-18-8-6-5-7-15(18)2/h5-12H,3-4,13-14H2,1-2H3,(H,21,22). The van der Waals surface area contributed by atoms with Crippen LogP contribution in [0.3, 0.4) is 0 Å². The summed E-state index contributed by atoms with van der Waals surface area (Å²) in [5, 5.41) is 2.73. The van der Waals surface area contributed by atoms with Gasteiger partial charge in [-0.1, -0.05) is 31.5 Å². The Hall–Kier alpha value is -2.82. The van der Waals surface area contributed by atoms with Crippen LogP contribution in [0.15, 0.2) is 48.5 Å². The molecule has 132 valence electrons. The first-order valence-electron chi connectivity index (χ1n) is 8.35. The Morgan fingerprint density at radius 2 is 1.76 bits per heavy atom. The van der Waals surface area contributed by atoms with Crippen molar-refractivity contribution in [3.05, 3.63) is 59.7 Å². The van der Waals surface area contributed by atoms with Gasteiger partial charge in [0.2, 0.25) is 0 Å². The summed E-state index contributed by atoms with van der Waals surface area (Å²) in [4.78, 5) is 23.8. The predicted molar refractivity (Wildman–Crippen MR) is 96.9 cm³/mol. The topological polar surface area (TPSA) is 64.6 Å². The number of ether oxygens (including phenoxy) is 2. The Morgan fingerprint density at radius 3 is 2.44 bits per heavy atom. The van der Waals surface area contributed by atoms with Crippen LogP contribution in [0, 0.1) is 6.92 Å². The van der Waals surface area contributed by atoms with Crippen LogP contribution >= 0.6 is 0 Å². The molecule has 2 rings (SSSR count). The minimum atomic E-state index is -0.353. The number of nitrogens with one attached hydrogen (secondary N) is 1. The lowest BCUT2D eigenvalue weighted by Gasteiger charge is -2.10. The molecule has 2 aromatic carbocycles. The van der Waals surface area contributed by atoms with Gasteiger partial charge in [0.05, 0.1) is 12.2 Å². The summed E-state index contributed by atoms with van der Waals surface area (Å²) in [5.41, 5.74) is 2.04. The van der Waals surface area contributed by atoms with Crippen LogP contribution in [0.5, 0.6) is 5.75 Å². The first kappa shape index (κ1) is 18.5. The number of para-hydroxylation sites is 1. The summed E-state index contributed by atoms with van der Waals surface area (Å²) in [7, 11) is 0. The van der Waals surface area contributed by atoms with Gasteiger partial charge in [0, 0.05) is 5.69 Å². The van der Waals surface area contributed by atoms with E-state index in [4.69, 9.17) is 9.47 Å². The van der Waals surface area contributed by atoms with Gasteiger partial charge in [-0.05, 0) is 49.2 Å². The molecule has 0 saturated heterocycles. The van der Waals surface area contributed by atoms with Crippen LogP contribution < -0.4 is 10.1 Å². The Balaban J connectivity index is 1.83. The van der Waals surface area contributed by atoms with Crippen molar-refractivity contribution in [3.8, 4) is 5.75 Å². The number of unbranched alkanes of at least 4 members (excludes halogenated alkanes) is 1. The smallest absolute Gasteiger partial charge is 0.338 e. The molecule has 5 heteroatoms. The van der Waals surface area contributed by atoms with Crippen molar-refractivity contribution in [1.29, 1.82) is 0 Å². The van der Waals surface area contributed by atoms with Gasteiger partial charge in [-0.3, -0.25) is 4.79 Å². The van der Waals surface area contributed by atoms with E-state index in [2.05, 4.69) is 5.32 Å². The Bertz CT molecular complexity index is 710. The maximum Gasteiger partial charge on any atom is 0.338 e. The second kappa shape index (κ2) is 9.47. The highest BCUT2D eigenvalue weighted by atomic mass is 16.5. The van der Waals surface area contributed by atoms with E-state index in [1.54, 1.807) is 24.3 Å². The molecule has 1 amide bonds. The van der Waals surface area contributed by atoms with E-state index < -0.39 is 0 Å². The summed E-state index contributed by atoms with van der Waals surface area (Å²) in [6.45, 7) is 4.30. The molecule has 0 radical (unpaired) electrons. The summed E-state index contributed by atoms with van der Waals surface area (Å²) in [6, 6.07) is 14.1. The number of benzene rings is 2.